The van der Waals surface area contributed by atoms with Crippen LogP contribution in [0.5, 0.6) is 0 Å². The van der Waals surface area contributed by atoms with Crippen LogP contribution in [0.1, 0.15) is 40.5 Å². The molecule has 2 aliphatic rings. The molecule has 0 saturated heterocycles. The van der Waals surface area contributed by atoms with Gasteiger partial charge >= 0.3 is 0 Å². The SMILES string of the molecule is CC1=C(C)C2(F)CCC1(F)C2(C)C. The average molecular weight is 186 g/mol. The van der Waals surface area contributed by atoms with Crippen LogP contribution in [-0.2, 0) is 0 Å². The van der Waals surface area contributed by atoms with Crippen molar-refractivity contribution < 1.29 is 8.78 Å². The highest BCUT2D eigenvalue weighted by Gasteiger charge is 2.71. The van der Waals surface area contributed by atoms with Gasteiger partial charge in [-0.15, -0.1) is 0 Å². The smallest absolute Gasteiger partial charge is 0.140 e. The van der Waals surface area contributed by atoms with Gasteiger partial charge in [0.15, 0.2) is 0 Å². The third kappa shape index (κ3) is 0.649. The van der Waals surface area contributed by atoms with Gasteiger partial charge in [-0.1, -0.05) is 13.8 Å². The molecule has 2 atom stereocenters. The lowest BCUT2D eigenvalue weighted by Crippen LogP contribution is -2.41. The van der Waals surface area contributed by atoms with E-state index in [1.54, 1.807) is 27.7 Å². The van der Waals surface area contributed by atoms with Gasteiger partial charge < -0.3 is 0 Å². The molecule has 2 unspecified atom stereocenters. The molecular weight excluding hydrogens is 170 g/mol. The highest BCUT2D eigenvalue weighted by atomic mass is 19.2. The van der Waals surface area contributed by atoms with Crippen molar-refractivity contribution in [3.63, 3.8) is 0 Å². The predicted octanol–water partition coefficient (Wildman–Crippen LogP) is 3.57. The van der Waals surface area contributed by atoms with Crippen molar-refractivity contribution in [3.8, 4) is 0 Å². The summed E-state index contributed by atoms with van der Waals surface area (Å²) >= 11 is 0. The number of rotatable bonds is 0. The number of hydrogen-bond donors (Lipinski definition) is 0. The third-order valence-corrected chi connectivity index (χ3v) is 4.55. The number of hydrogen-bond acceptors (Lipinski definition) is 0. The van der Waals surface area contributed by atoms with E-state index in [-0.39, 0.29) is 0 Å². The summed E-state index contributed by atoms with van der Waals surface area (Å²) in [6.07, 6.45) is 0.694. The summed E-state index contributed by atoms with van der Waals surface area (Å²) in [4.78, 5) is 0. The van der Waals surface area contributed by atoms with Crippen LogP contribution < -0.4 is 0 Å². The Labute approximate surface area is 78.0 Å². The van der Waals surface area contributed by atoms with Crippen LogP contribution in [0, 0.1) is 5.41 Å². The topological polar surface area (TPSA) is 0 Å². The molecule has 0 aromatic heterocycles. The normalized spacial score (nSPS) is 47.5. The zero-order valence-electron chi connectivity index (χ0n) is 8.67. The first kappa shape index (κ1) is 9.17. The van der Waals surface area contributed by atoms with Gasteiger partial charge in [0.1, 0.15) is 11.3 Å². The minimum Gasteiger partial charge on any atom is -0.238 e. The second-order valence-corrected chi connectivity index (χ2v) is 4.98. The zero-order chi connectivity index (χ0) is 10.1. The second-order valence-electron chi connectivity index (χ2n) is 4.98. The number of fused-ring (bicyclic) bond motifs is 2. The maximum Gasteiger partial charge on any atom is 0.140 e. The van der Waals surface area contributed by atoms with Crippen LogP contribution in [0.2, 0.25) is 0 Å². The van der Waals surface area contributed by atoms with Gasteiger partial charge in [-0.3, -0.25) is 0 Å². The Morgan fingerprint density at radius 1 is 0.923 bits per heavy atom. The maximum atomic E-state index is 14.5. The molecule has 0 heterocycles. The Kier molecular flexibility index (Phi) is 1.40. The first-order valence-electron chi connectivity index (χ1n) is 4.84. The van der Waals surface area contributed by atoms with Crippen LogP contribution >= 0.6 is 0 Å². The third-order valence-electron chi connectivity index (χ3n) is 4.55. The minimum absolute atomic E-state index is 0.347. The lowest BCUT2D eigenvalue weighted by molar-refractivity contribution is 0.0204. The summed E-state index contributed by atoms with van der Waals surface area (Å²) in [6.45, 7) is 6.88. The van der Waals surface area contributed by atoms with E-state index in [0.29, 0.717) is 24.0 Å². The largest absolute Gasteiger partial charge is 0.238 e. The molecule has 13 heavy (non-hydrogen) atoms. The van der Waals surface area contributed by atoms with E-state index >= 15 is 0 Å². The van der Waals surface area contributed by atoms with Gasteiger partial charge in [0, 0.05) is 5.41 Å². The van der Waals surface area contributed by atoms with E-state index in [0.717, 1.165) is 0 Å². The molecule has 0 amide bonds. The molecule has 2 heteroatoms. The van der Waals surface area contributed by atoms with Crippen LogP contribution in [0.4, 0.5) is 8.78 Å². The fraction of sp³-hybridized carbons (Fsp3) is 0.818. The molecule has 74 valence electrons. The van der Waals surface area contributed by atoms with Gasteiger partial charge in [0.25, 0.3) is 0 Å². The lowest BCUT2D eigenvalue weighted by Gasteiger charge is -2.34. The molecule has 2 rings (SSSR count). The number of halogens is 2. The van der Waals surface area contributed by atoms with E-state index in [1.165, 1.54) is 0 Å². The molecule has 1 saturated carbocycles. The Morgan fingerprint density at radius 2 is 1.23 bits per heavy atom. The highest BCUT2D eigenvalue weighted by molar-refractivity contribution is 5.46. The van der Waals surface area contributed by atoms with E-state index in [2.05, 4.69) is 0 Å². The first-order valence-corrected chi connectivity index (χ1v) is 4.84. The quantitative estimate of drug-likeness (QED) is 0.507. The van der Waals surface area contributed by atoms with Crippen LogP contribution in [0.3, 0.4) is 0 Å². The molecule has 0 nitrogen and oxygen atoms in total. The Bertz CT molecular complexity index is 275. The molecule has 0 radical (unpaired) electrons. The molecule has 2 aliphatic carbocycles. The van der Waals surface area contributed by atoms with Crippen LogP contribution in [0.25, 0.3) is 0 Å². The standard InChI is InChI=1S/C11H16F2/c1-7-8(2)11(13)6-5-10(7,12)9(11,3)4/h5-6H2,1-4H3. The predicted molar refractivity (Wildman–Crippen MR) is 49.1 cm³/mol. The average Bonchev–Trinajstić information content (AvgIpc) is 2.28. The van der Waals surface area contributed by atoms with Crippen LogP contribution in [0.15, 0.2) is 11.1 Å². The molecule has 0 spiro atoms. The molecule has 1 fully saturated rings. The van der Waals surface area contributed by atoms with Crippen LogP contribution in [-0.4, -0.2) is 11.3 Å². The minimum atomic E-state index is -1.40. The second kappa shape index (κ2) is 1.99. The molecule has 0 aliphatic heterocycles. The van der Waals surface area contributed by atoms with Gasteiger partial charge in [0.05, 0.1) is 0 Å². The van der Waals surface area contributed by atoms with E-state index < -0.39 is 16.8 Å². The van der Waals surface area contributed by atoms with Crippen molar-refractivity contribution in [2.24, 2.45) is 5.41 Å². The molecule has 0 aromatic carbocycles. The van der Waals surface area contributed by atoms with Gasteiger partial charge in [-0.05, 0) is 37.8 Å². The van der Waals surface area contributed by atoms with Crippen molar-refractivity contribution in [3.05, 3.63) is 11.1 Å². The zero-order valence-corrected chi connectivity index (χ0v) is 8.67. The summed E-state index contributed by atoms with van der Waals surface area (Å²) < 4.78 is 28.9. The van der Waals surface area contributed by atoms with Crippen molar-refractivity contribution in [2.75, 3.05) is 0 Å². The first-order chi connectivity index (χ1) is 5.77. The number of allylic oxidation sites excluding steroid dienone is 2. The Balaban J connectivity index is 2.67. The number of alkyl halides is 2. The summed E-state index contributed by atoms with van der Waals surface area (Å²) in [5.74, 6) is 0. The van der Waals surface area contributed by atoms with Gasteiger partial charge in [-0.25, -0.2) is 8.78 Å². The fourth-order valence-electron chi connectivity index (χ4n) is 3.19. The van der Waals surface area contributed by atoms with Crippen molar-refractivity contribution in [1.29, 1.82) is 0 Å². The van der Waals surface area contributed by atoms with Crippen molar-refractivity contribution in [2.45, 2.75) is 51.9 Å². The Morgan fingerprint density at radius 3 is 1.38 bits per heavy atom. The summed E-state index contributed by atoms with van der Waals surface area (Å²) in [5, 5.41) is 0. The molecule has 0 N–H and O–H groups in total. The Hall–Kier alpha value is -0.400. The van der Waals surface area contributed by atoms with E-state index in [9.17, 15) is 8.78 Å². The molecule has 2 bridgehead atoms. The highest BCUT2D eigenvalue weighted by Crippen LogP contribution is 2.68. The maximum absolute atomic E-state index is 14.5. The molecule has 0 aromatic rings. The lowest BCUT2D eigenvalue weighted by atomic mass is 9.75. The van der Waals surface area contributed by atoms with E-state index in [4.69, 9.17) is 0 Å². The summed E-state index contributed by atoms with van der Waals surface area (Å²) in [7, 11) is 0. The van der Waals surface area contributed by atoms with Gasteiger partial charge in [0.2, 0.25) is 0 Å². The van der Waals surface area contributed by atoms with Crippen molar-refractivity contribution >= 4 is 0 Å². The summed E-state index contributed by atoms with van der Waals surface area (Å²) in [6, 6.07) is 0. The monoisotopic (exact) mass is 186 g/mol. The van der Waals surface area contributed by atoms with Gasteiger partial charge in [-0.2, -0.15) is 0 Å². The summed E-state index contributed by atoms with van der Waals surface area (Å²) in [5.41, 5.74) is -2.40. The van der Waals surface area contributed by atoms with E-state index in [1.807, 2.05) is 0 Å². The molecular formula is C11H16F2. The fourth-order valence-corrected chi connectivity index (χ4v) is 3.19. The van der Waals surface area contributed by atoms with Crippen molar-refractivity contribution in [1.82, 2.24) is 0 Å².